The van der Waals surface area contributed by atoms with E-state index in [9.17, 15) is 9.59 Å². The van der Waals surface area contributed by atoms with Crippen molar-refractivity contribution < 1.29 is 14.7 Å². The molecule has 1 amide bonds. The fraction of sp³-hybridized carbons (Fsp3) is 0.467. The molecule has 1 atom stereocenters. The van der Waals surface area contributed by atoms with Crippen LogP contribution in [0, 0.1) is 5.92 Å². The van der Waals surface area contributed by atoms with Gasteiger partial charge in [0.2, 0.25) is 5.91 Å². The van der Waals surface area contributed by atoms with Crippen molar-refractivity contribution in [3.05, 3.63) is 35.9 Å². The highest BCUT2D eigenvalue weighted by Gasteiger charge is 2.15. The molecule has 0 aliphatic carbocycles. The normalized spacial score (nSPS) is 11.8. The Kier molecular flexibility index (Phi) is 7.80. The second kappa shape index (κ2) is 9.42. The molecule has 0 fully saturated rings. The van der Waals surface area contributed by atoms with Gasteiger partial charge in [0.1, 0.15) is 0 Å². The number of carbonyl (C=O) groups is 2. The van der Waals surface area contributed by atoms with Gasteiger partial charge in [-0.15, -0.1) is 0 Å². The zero-order chi connectivity index (χ0) is 14.8. The van der Waals surface area contributed by atoms with Gasteiger partial charge in [0, 0.05) is 6.54 Å². The molecule has 0 spiro atoms. The standard InChI is InChI=1S/C15H21NO3S/c1-2-13(15(18)19)10-16-14(17)11-20-9-8-12-6-4-3-5-7-12/h3-7,13H,2,8-11H2,1H3,(H,16,17)(H,18,19). The fourth-order valence-electron chi connectivity index (χ4n) is 1.69. The summed E-state index contributed by atoms with van der Waals surface area (Å²) in [6.45, 7) is 2.02. The van der Waals surface area contributed by atoms with Crippen molar-refractivity contribution in [2.45, 2.75) is 19.8 Å². The highest BCUT2D eigenvalue weighted by atomic mass is 32.2. The third-order valence-electron chi connectivity index (χ3n) is 3.00. The van der Waals surface area contributed by atoms with Crippen LogP contribution in [0.25, 0.3) is 0 Å². The van der Waals surface area contributed by atoms with Crippen LogP contribution in [0.5, 0.6) is 0 Å². The first-order chi connectivity index (χ1) is 9.63. The lowest BCUT2D eigenvalue weighted by atomic mass is 10.1. The van der Waals surface area contributed by atoms with E-state index < -0.39 is 11.9 Å². The summed E-state index contributed by atoms with van der Waals surface area (Å²) in [5, 5.41) is 11.5. The number of hydrogen-bond donors (Lipinski definition) is 2. The molecule has 1 unspecified atom stereocenters. The molecule has 20 heavy (non-hydrogen) atoms. The zero-order valence-corrected chi connectivity index (χ0v) is 12.5. The van der Waals surface area contributed by atoms with Crippen LogP contribution in [0.1, 0.15) is 18.9 Å². The van der Waals surface area contributed by atoms with Crippen molar-refractivity contribution in [1.82, 2.24) is 5.32 Å². The number of hydrogen-bond acceptors (Lipinski definition) is 3. The van der Waals surface area contributed by atoms with Gasteiger partial charge in [-0.2, -0.15) is 11.8 Å². The minimum atomic E-state index is -0.857. The molecular formula is C15H21NO3S. The van der Waals surface area contributed by atoms with Crippen LogP contribution in [-0.2, 0) is 16.0 Å². The molecule has 0 heterocycles. The predicted octanol–water partition coefficient (Wildman–Crippen LogP) is 2.19. The zero-order valence-electron chi connectivity index (χ0n) is 11.7. The lowest BCUT2D eigenvalue weighted by Gasteiger charge is -2.10. The maximum Gasteiger partial charge on any atom is 0.308 e. The minimum absolute atomic E-state index is 0.0947. The van der Waals surface area contributed by atoms with E-state index in [1.807, 2.05) is 18.2 Å². The first-order valence-corrected chi connectivity index (χ1v) is 7.90. The summed E-state index contributed by atoms with van der Waals surface area (Å²) >= 11 is 1.56. The predicted molar refractivity (Wildman–Crippen MR) is 81.9 cm³/mol. The molecule has 2 N–H and O–H groups in total. The van der Waals surface area contributed by atoms with Crippen molar-refractivity contribution in [2.75, 3.05) is 18.1 Å². The molecular weight excluding hydrogens is 274 g/mol. The molecule has 0 bridgehead atoms. The van der Waals surface area contributed by atoms with Gasteiger partial charge in [0.05, 0.1) is 11.7 Å². The van der Waals surface area contributed by atoms with Gasteiger partial charge < -0.3 is 10.4 Å². The minimum Gasteiger partial charge on any atom is -0.481 e. The second-order valence-corrected chi connectivity index (χ2v) is 5.64. The van der Waals surface area contributed by atoms with E-state index in [4.69, 9.17) is 5.11 Å². The molecule has 1 aromatic rings. The van der Waals surface area contributed by atoms with Crippen LogP contribution in [0.2, 0.25) is 0 Å². The number of aryl methyl sites for hydroxylation is 1. The highest BCUT2D eigenvalue weighted by Crippen LogP contribution is 2.07. The van der Waals surface area contributed by atoms with Crippen LogP contribution >= 0.6 is 11.8 Å². The van der Waals surface area contributed by atoms with Crippen molar-refractivity contribution in [1.29, 1.82) is 0 Å². The van der Waals surface area contributed by atoms with E-state index in [0.717, 1.165) is 12.2 Å². The molecule has 0 radical (unpaired) electrons. The molecule has 4 nitrogen and oxygen atoms in total. The van der Waals surface area contributed by atoms with E-state index in [-0.39, 0.29) is 12.5 Å². The van der Waals surface area contributed by atoms with Crippen molar-refractivity contribution >= 4 is 23.6 Å². The van der Waals surface area contributed by atoms with Gasteiger partial charge in [-0.25, -0.2) is 0 Å². The van der Waals surface area contributed by atoms with Crippen LogP contribution in [0.4, 0.5) is 0 Å². The largest absolute Gasteiger partial charge is 0.481 e. The van der Waals surface area contributed by atoms with Crippen molar-refractivity contribution in [2.24, 2.45) is 5.92 Å². The Morgan fingerprint density at radius 2 is 2.00 bits per heavy atom. The van der Waals surface area contributed by atoms with Gasteiger partial charge in [-0.3, -0.25) is 9.59 Å². The van der Waals surface area contributed by atoms with E-state index in [2.05, 4.69) is 17.4 Å². The Balaban J connectivity index is 2.13. The van der Waals surface area contributed by atoms with E-state index in [1.165, 1.54) is 5.56 Å². The summed E-state index contributed by atoms with van der Waals surface area (Å²) in [6, 6.07) is 10.1. The number of carboxylic acid groups (broad SMARTS) is 1. The third-order valence-corrected chi connectivity index (χ3v) is 3.96. The van der Waals surface area contributed by atoms with Crippen LogP contribution in [0.3, 0.4) is 0 Å². The summed E-state index contributed by atoms with van der Waals surface area (Å²) in [5.41, 5.74) is 1.26. The van der Waals surface area contributed by atoms with Gasteiger partial charge >= 0.3 is 5.97 Å². The number of thioether (sulfide) groups is 1. The van der Waals surface area contributed by atoms with Gasteiger partial charge in [0.15, 0.2) is 0 Å². The summed E-state index contributed by atoms with van der Waals surface area (Å²) in [6.07, 6.45) is 1.46. The number of aliphatic carboxylic acids is 1. The molecule has 0 aliphatic rings. The Morgan fingerprint density at radius 1 is 1.30 bits per heavy atom. The molecule has 0 saturated heterocycles. The SMILES string of the molecule is CCC(CNC(=O)CSCCc1ccccc1)C(=O)O. The number of carbonyl (C=O) groups excluding carboxylic acids is 1. The Bertz CT molecular complexity index is 422. The average Bonchev–Trinajstić information content (AvgIpc) is 2.45. The molecule has 1 aromatic carbocycles. The molecule has 0 saturated carbocycles. The maximum absolute atomic E-state index is 11.6. The summed E-state index contributed by atoms with van der Waals surface area (Å²) in [4.78, 5) is 22.4. The van der Waals surface area contributed by atoms with E-state index in [1.54, 1.807) is 18.7 Å². The van der Waals surface area contributed by atoms with E-state index in [0.29, 0.717) is 12.2 Å². The molecule has 0 aliphatic heterocycles. The third kappa shape index (κ3) is 6.61. The highest BCUT2D eigenvalue weighted by molar-refractivity contribution is 7.99. The summed E-state index contributed by atoms with van der Waals surface area (Å²) in [7, 11) is 0. The molecule has 0 aromatic heterocycles. The fourth-order valence-corrected chi connectivity index (χ4v) is 2.51. The van der Waals surface area contributed by atoms with Gasteiger partial charge in [0.25, 0.3) is 0 Å². The monoisotopic (exact) mass is 295 g/mol. The number of rotatable bonds is 9. The van der Waals surface area contributed by atoms with Crippen LogP contribution in [-0.4, -0.2) is 35.0 Å². The molecule has 5 heteroatoms. The number of nitrogens with one attached hydrogen (secondary N) is 1. The lowest BCUT2D eigenvalue weighted by Crippen LogP contribution is -2.33. The summed E-state index contributed by atoms with van der Waals surface area (Å²) in [5.74, 6) is -0.184. The first-order valence-electron chi connectivity index (χ1n) is 6.74. The summed E-state index contributed by atoms with van der Waals surface area (Å²) < 4.78 is 0. The lowest BCUT2D eigenvalue weighted by molar-refractivity contribution is -0.141. The quantitative estimate of drug-likeness (QED) is 0.685. The second-order valence-electron chi connectivity index (χ2n) is 4.54. The number of benzene rings is 1. The first kappa shape index (κ1) is 16.6. The Morgan fingerprint density at radius 3 is 2.60 bits per heavy atom. The van der Waals surface area contributed by atoms with E-state index >= 15 is 0 Å². The molecule has 110 valence electrons. The van der Waals surface area contributed by atoms with Crippen molar-refractivity contribution in [3.8, 4) is 0 Å². The topological polar surface area (TPSA) is 66.4 Å². The van der Waals surface area contributed by atoms with Crippen LogP contribution < -0.4 is 5.32 Å². The van der Waals surface area contributed by atoms with Gasteiger partial charge in [-0.05, 0) is 24.2 Å². The molecule has 1 rings (SSSR count). The van der Waals surface area contributed by atoms with Crippen LogP contribution in [0.15, 0.2) is 30.3 Å². The van der Waals surface area contributed by atoms with Crippen molar-refractivity contribution in [3.63, 3.8) is 0 Å². The smallest absolute Gasteiger partial charge is 0.308 e. The average molecular weight is 295 g/mol. The maximum atomic E-state index is 11.6. The number of carboxylic acids is 1. The van der Waals surface area contributed by atoms with Gasteiger partial charge in [-0.1, -0.05) is 37.3 Å². The Labute approximate surface area is 124 Å². The number of amides is 1. The Hall–Kier alpha value is -1.49.